The van der Waals surface area contributed by atoms with Gasteiger partial charge in [-0.2, -0.15) is 20.1 Å². The molecule has 0 unspecified atom stereocenters. The smallest absolute Gasteiger partial charge is 0.400 e. The van der Waals surface area contributed by atoms with E-state index in [0.29, 0.717) is 37.0 Å². The number of hydrogen-bond acceptors (Lipinski definition) is 11. The average molecular weight is 432 g/mol. The number of methoxy groups -OCH3 is 1. The molecule has 1 saturated carbocycles. The van der Waals surface area contributed by atoms with Crippen LogP contribution in [-0.2, 0) is 4.74 Å². The Kier molecular flexibility index (Phi) is 8.10. The van der Waals surface area contributed by atoms with Crippen molar-refractivity contribution in [3.05, 3.63) is 28.0 Å². The molecule has 31 heavy (non-hydrogen) atoms. The summed E-state index contributed by atoms with van der Waals surface area (Å²) < 4.78 is 10.2. The van der Waals surface area contributed by atoms with Gasteiger partial charge >= 0.3 is 5.88 Å². The van der Waals surface area contributed by atoms with E-state index in [2.05, 4.69) is 30.7 Å². The highest BCUT2D eigenvalue weighted by molar-refractivity contribution is 5.77. The van der Waals surface area contributed by atoms with Gasteiger partial charge in [0.2, 0.25) is 11.9 Å². The van der Waals surface area contributed by atoms with Crippen molar-refractivity contribution in [3.8, 4) is 0 Å². The van der Waals surface area contributed by atoms with Crippen molar-refractivity contribution in [2.24, 2.45) is 5.10 Å². The SMILES string of the molecule is COCCCNc1nc(NC2CCCCC2)nc(N(C)/N=C/c2ccc([N+](=O)[O-])o2)n1. The maximum Gasteiger partial charge on any atom is 0.433 e. The number of aromatic nitrogens is 3. The van der Waals surface area contributed by atoms with Crippen LogP contribution in [0, 0.1) is 10.1 Å². The predicted molar refractivity (Wildman–Crippen MR) is 117 cm³/mol. The van der Waals surface area contributed by atoms with E-state index in [1.165, 1.54) is 42.6 Å². The van der Waals surface area contributed by atoms with Gasteiger partial charge in [0.1, 0.15) is 4.92 Å². The fraction of sp³-hybridized carbons (Fsp3) is 0.579. The van der Waals surface area contributed by atoms with Gasteiger partial charge in [-0.1, -0.05) is 19.3 Å². The average Bonchev–Trinajstić information content (AvgIpc) is 3.25. The maximum absolute atomic E-state index is 10.7. The molecular weight excluding hydrogens is 404 g/mol. The van der Waals surface area contributed by atoms with Crippen molar-refractivity contribution < 1.29 is 14.1 Å². The number of furan rings is 1. The lowest BCUT2D eigenvalue weighted by Gasteiger charge is -2.23. The summed E-state index contributed by atoms with van der Waals surface area (Å²) in [5.74, 6) is 1.17. The molecule has 2 heterocycles. The third-order valence-corrected chi connectivity index (χ3v) is 4.81. The van der Waals surface area contributed by atoms with E-state index in [4.69, 9.17) is 9.15 Å². The molecule has 12 heteroatoms. The van der Waals surface area contributed by atoms with Gasteiger partial charge in [-0.15, -0.1) is 0 Å². The van der Waals surface area contributed by atoms with Gasteiger partial charge in [0.15, 0.2) is 5.76 Å². The summed E-state index contributed by atoms with van der Waals surface area (Å²) >= 11 is 0. The van der Waals surface area contributed by atoms with Crippen LogP contribution in [0.1, 0.15) is 44.3 Å². The summed E-state index contributed by atoms with van der Waals surface area (Å²) in [4.78, 5) is 23.6. The molecule has 3 rings (SSSR count). The van der Waals surface area contributed by atoms with Crippen LogP contribution >= 0.6 is 0 Å². The lowest BCUT2D eigenvalue weighted by molar-refractivity contribution is -0.402. The molecule has 0 bridgehead atoms. The van der Waals surface area contributed by atoms with Crippen LogP contribution < -0.4 is 15.6 Å². The second-order valence-electron chi connectivity index (χ2n) is 7.24. The minimum Gasteiger partial charge on any atom is -0.400 e. The normalized spacial score (nSPS) is 14.6. The number of nitro groups is 1. The van der Waals surface area contributed by atoms with Crippen molar-refractivity contribution in [1.82, 2.24) is 15.0 Å². The molecule has 2 N–H and O–H groups in total. The topological polar surface area (TPSA) is 144 Å². The van der Waals surface area contributed by atoms with E-state index < -0.39 is 4.92 Å². The van der Waals surface area contributed by atoms with Crippen LogP contribution in [0.15, 0.2) is 21.7 Å². The van der Waals surface area contributed by atoms with Crippen molar-refractivity contribution in [1.29, 1.82) is 0 Å². The van der Waals surface area contributed by atoms with E-state index in [0.717, 1.165) is 19.3 Å². The molecule has 0 atom stereocenters. The second-order valence-corrected chi connectivity index (χ2v) is 7.24. The molecule has 1 fully saturated rings. The van der Waals surface area contributed by atoms with Gasteiger partial charge in [0, 0.05) is 33.4 Å². The first-order chi connectivity index (χ1) is 15.0. The standard InChI is InChI=1S/C19H28N8O4/c1-26(21-13-15-9-10-16(31-15)27(28)29)19-24-17(20-11-6-12-30-2)23-18(25-19)22-14-7-4-3-5-8-14/h9-10,13-14H,3-8,11-12H2,1-2H3,(H2,20,22,23,24,25)/b21-13+. The zero-order valence-electron chi connectivity index (χ0n) is 17.8. The fourth-order valence-corrected chi connectivity index (χ4v) is 3.20. The highest BCUT2D eigenvalue weighted by Crippen LogP contribution is 2.22. The van der Waals surface area contributed by atoms with Gasteiger partial charge in [-0.05, 0) is 25.3 Å². The Labute approximate surface area is 180 Å². The van der Waals surface area contributed by atoms with Gasteiger partial charge in [-0.3, -0.25) is 10.1 Å². The van der Waals surface area contributed by atoms with Gasteiger partial charge in [0.05, 0.1) is 12.3 Å². The van der Waals surface area contributed by atoms with E-state index in [9.17, 15) is 10.1 Å². The second kappa shape index (κ2) is 11.2. The molecule has 12 nitrogen and oxygen atoms in total. The number of hydrogen-bond donors (Lipinski definition) is 2. The summed E-state index contributed by atoms with van der Waals surface area (Å²) in [6.07, 6.45) is 8.00. The molecule has 1 aliphatic rings. The van der Waals surface area contributed by atoms with Crippen molar-refractivity contribution in [2.45, 2.75) is 44.6 Å². The van der Waals surface area contributed by atoms with Crippen molar-refractivity contribution in [3.63, 3.8) is 0 Å². The van der Waals surface area contributed by atoms with Gasteiger partial charge in [-0.25, -0.2) is 5.01 Å². The van der Waals surface area contributed by atoms with Crippen LogP contribution in [0.5, 0.6) is 0 Å². The molecule has 2 aromatic heterocycles. The molecule has 0 radical (unpaired) electrons. The highest BCUT2D eigenvalue weighted by atomic mass is 16.6. The summed E-state index contributed by atoms with van der Waals surface area (Å²) in [5, 5.41) is 23.0. The Morgan fingerprint density at radius 2 is 2.06 bits per heavy atom. The predicted octanol–water partition coefficient (Wildman–Crippen LogP) is 3.04. The fourth-order valence-electron chi connectivity index (χ4n) is 3.20. The summed E-state index contributed by atoms with van der Waals surface area (Å²) in [6, 6.07) is 3.09. The molecule has 168 valence electrons. The summed E-state index contributed by atoms with van der Waals surface area (Å²) in [5.41, 5.74) is 0. The number of nitrogens with one attached hydrogen (secondary N) is 2. The molecule has 0 aliphatic heterocycles. The minimum atomic E-state index is -0.599. The Bertz CT molecular complexity index is 882. The van der Waals surface area contributed by atoms with Crippen molar-refractivity contribution >= 4 is 29.9 Å². The molecule has 0 spiro atoms. The number of rotatable bonds is 11. The molecule has 2 aromatic rings. The minimum absolute atomic E-state index is 0.256. The Morgan fingerprint density at radius 3 is 2.77 bits per heavy atom. The van der Waals surface area contributed by atoms with Crippen LogP contribution in [0.4, 0.5) is 23.7 Å². The molecule has 0 aromatic carbocycles. The molecular formula is C19H28N8O4. The van der Waals surface area contributed by atoms with Crippen molar-refractivity contribution in [2.75, 3.05) is 43.0 Å². The lowest BCUT2D eigenvalue weighted by Crippen LogP contribution is -2.25. The number of anilines is 3. The first-order valence-corrected chi connectivity index (χ1v) is 10.3. The van der Waals surface area contributed by atoms with Crippen LogP contribution in [-0.4, -0.2) is 59.4 Å². The third kappa shape index (κ3) is 6.88. The van der Waals surface area contributed by atoms with Gasteiger partial charge < -0.3 is 19.8 Å². The Hall–Kier alpha value is -3.28. The Balaban J connectivity index is 1.74. The van der Waals surface area contributed by atoms with E-state index >= 15 is 0 Å². The van der Waals surface area contributed by atoms with Crippen LogP contribution in [0.25, 0.3) is 0 Å². The third-order valence-electron chi connectivity index (χ3n) is 4.81. The zero-order valence-corrected chi connectivity index (χ0v) is 17.8. The number of ether oxygens (including phenoxy) is 1. The first-order valence-electron chi connectivity index (χ1n) is 10.3. The quantitative estimate of drug-likeness (QED) is 0.235. The largest absolute Gasteiger partial charge is 0.433 e. The van der Waals surface area contributed by atoms with Crippen LogP contribution in [0.2, 0.25) is 0 Å². The summed E-state index contributed by atoms with van der Waals surface area (Å²) in [6.45, 7) is 1.29. The highest BCUT2D eigenvalue weighted by Gasteiger charge is 2.17. The monoisotopic (exact) mass is 432 g/mol. The number of nitrogens with zero attached hydrogens (tertiary/aromatic N) is 6. The van der Waals surface area contributed by atoms with E-state index in [-0.39, 0.29) is 11.6 Å². The first kappa shape index (κ1) is 22.4. The van der Waals surface area contributed by atoms with E-state index in [1.807, 2.05) is 0 Å². The molecule has 0 amide bonds. The maximum atomic E-state index is 10.7. The van der Waals surface area contributed by atoms with Crippen LogP contribution in [0.3, 0.4) is 0 Å². The molecule has 0 saturated heterocycles. The lowest BCUT2D eigenvalue weighted by atomic mass is 9.96. The molecule has 1 aliphatic carbocycles. The number of hydrazone groups is 1. The zero-order chi connectivity index (χ0) is 22.1. The van der Waals surface area contributed by atoms with Gasteiger partial charge in [0.25, 0.3) is 5.95 Å². The Morgan fingerprint density at radius 1 is 1.29 bits per heavy atom. The van der Waals surface area contributed by atoms with E-state index in [1.54, 1.807) is 14.2 Å². The summed E-state index contributed by atoms with van der Waals surface area (Å²) in [7, 11) is 3.34.